The van der Waals surface area contributed by atoms with Crippen LogP contribution >= 0.6 is 0 Å². The SMILES string of the molecule is Cc1ccc(O)c(C(=O)O[C@H](C)C(=O)NCCc2ccc(S(N)(=O)=O)cc2)c1. The lowest BCUT2D eigenvalue weighted by atomic mass is 10.1. The number of esters is 1. The number of phenolic OH excluding ortho intramolecular Hbond substituents is 1. The molecule has 1 amide bonds. The molecule has 2 aromatic carbocycles. The number of hydrogen-bond acceptors (Lipinski definition) is 6. The molecule has 28 heavy (non-hydrogen) atoms. The first-order valence-electron chi connectivity index (χ1n) is 8.48. The van der Waals surface area contributed by atoms with E-state index in [-0.39, 0.29) is 22.8 Å². The van der Waals surface area contributed by atoms with Crippen LogP contribution in [-0.4, -0.2) is 38.0 Å². The molecule has 0 spiro atoms. The van der Waals surface area contributed by atoms with Gasteiger partial charge in [-0.15, -0.1) is 0 Å². The van der Waals surface area contributed by atoms with Gasteiger partial charge < -0.3 is 15.2 Å². The van der Waals surface area contributed by atoms with Crippen molar-refractivity contribution < 1.29 is 27.9 Å². The van der Waals surface area contributed by atoms with Crippen molar-refractivity contribution in [2.75, 3.05) is 6.54 Å². The van der Waals surface area contributed by atoms with Crippen LogP contribution < -0.4 is 10.5 Å². The molecule has 0 aliphatic carbocycles. The lowest BCUT2D eigenvalue weighted by Gasteiger charge is -2.14. The molecule has 0 fully saturated rings. The number of carbonyl (C=O) groups excluding carboxylic acids is 2. The molecule has 2 aromatic rings. The van der Waals surface area contributed by atoms with E-state index in [1.807, 2.05) is 0 Å². The molecule has 0 aromatic heterocycles. The summed E-state index contributed by atoms with van der Waals surface area (Å²) in [7, 11) is -3.74. The maximum absolute atomic E-state index is 12.1. The van der Waals surface area contributed by atoms with Gasteiger partial charge in [-0.3, -0.25) is 4.79 Å². The van der Waals surface area contributed by atoms with E-state index in [4.69, 9.17) is 9.88 Å². The summed E-state index contributed by atoms with van der Waals surface area (Å²) in [6.45, 7) is 3.47. The first-order chi connectivity index (χ1) is 13.1. The van der Waals surface area contributed by atoms with Crippen molar-refractivity contribution >= 4 is 21.9 Å². The number of hydrogen-bond donors (Lipinski definition) is 3. The Morgan fingerprint density at radius 1 is 1.18 bits per heavy atom. The fourth-order valence-electron chi connectivity index (χ4n) is 2.41. The predicted molar refractivity (Wildman–Crippen MR) is 102 cm³/mol. The minimum absolute atomic E-state index is 0.00500. The van der Waals surface area contributed by atoms with Crippen LogP contribution in [0.2, 0.25) is 0 Å². The van der Waals surface area contributed by atoms with Crippen molar-refractivity contribution in [3.8, 4) is 5.75 Å². The van der Waals surface area contributed by atoms with Gasteiger partial charge in [0, 0.05) is 6.54 Å². The number of nitrogens with one attached hydrogen (secondary N) is 1. The number of benzene rings is 2. The summed E-state index contributed by atoms with van der Waals surface area (Å²) in [5.74, 6) is -1.49. The Hall–Kier alpha value is -2.91. The molecule has 8 nitrogen and oxygen atoms in total. The van der Waals surface area contributed by atoms with Gasteiger partial charge in [-0.1, -0.05) is 23.8 Å². The van der Waals surface area contributed by atoms with Gasteiger partial charge in [0.15, 0.2) is 6.10 Å². The van der Waals surface area contributed by atoms with E-state index in [0.717, 1.165) is 11.1 Å². The zero-order chi connectivity index (χ0) is 20.9. The number of aromatic hydroxyl groups is 1. The van der Waals surface area contributed by atoms with Gasteiger partial charge in [0.1, 0.15) is 11.3 Å². The average molecular weight is 406 g/mol. The largest absolute Gasteiger partial charge is 0.507 e. The molecular weight excluding hydrogens is 384 g/mol. The molecule has 4 N–H and O–H groups in total. The first-order valence-corrected chi connectivity index (χ1v) is 10.0. The first kappa shape index (κ1) is 21.4. The highest BCUT2D eigenvalue weighted by Crippen LogP contribution is 2.19. The maximum atomic E-state index is 12.1. The van der Waals surface area contributed by atoms with Crippen LogP contribution in [0.3, 0.4) is 0 Å². The Kier molecular flexibility index (Phi) is 6.76. The number of nitrogens with two attached hydrogens (primary N) is 1. The summed E-state index contributed by atoms with van der Waals surface area (Å²) < 4.78 is 27.5. The fourth-order valence-corrected chi connectivity index (χ4v) is 2.93. The van der Waals surface area contributed by atoms with Gasteiger partial charge in [-0.2, -0.15) is 0 Å². The normalized spacial score (nSPS) is 12.2. The van der Waals surface area contributed by atoms with Crippen LogP contribution in [0.1, 0.15) is 28.4 Å². The summed E-state index contributed by atoms with van der Waals surface area (Å²) in [6.07, 6.45) is -0.590. The number of phenols is 1. The van der Waals surface area contributed by atoms with Crippen LogP contribution in [0.5, 0.6) is 5.75 Å². The predicted octanol–water partition coefficient (Wildman–Crippen LogP) is 1.25. The third-order valence-corrected chi connectivity index (χ3v) is 4.92. The highest BCUT2D eigenvalue weighted by Gasteiger charge is 2.20. The molecule has 0 heterocycles. The molecule has 0 bridgehead atoms. The van der Waals surface area contributed by atoms with Crippen LogP contribution in [0.4, 0.5) is 0 Å². The summed E-state index contributed by atoms with van der Waals surface area (Å²) in [4.78, 5) is 24.2. The van der Waals surface area contributed by atoms with E-state index >= 15 is 0 Å². The van der Waals surface area contributed by atoms with Crippen LogP contribution in [-0.2, 0) is 26.0 Å². The third-order valence-electron chi connectivity index (χ3n) is 3.99. The smallest absolute Gasteiger partial charge is 0.342 e. The van der Waals surface area contributed by atoms with E-state index in [9.17, 15) is 23.1 Å². The molecule has 0 saturated carbocycles. The topological polar surface area (TPSA) is 136 Å². The Morgan fingerprint density at radius 3 is 2.43 bits per heavy atom. The molecule has 1 atom stereocenters. The number of primary sulfonamides is 1. The van der Waals surface area contributed by atoms with Gasteiger partial charge in [0.25, 0.3) is 5.91 Å². The standard InChI is InChI=1S/C19H22N2O6S/c1-12-3-8-17(22)16(11-12)19(24)27-13(2)18(23)21-10-9-14-4-6-15(7-5-14)28(20,25)26/h3-8,11,13,22H,9-10H2,1-2H3,(H,21,23)(H2,20,25,26)/t13-/m1/s1. The van der Waals surface area contributed by atoms with Crippen molar-refractivity contribution in [3.05, 3.63) is 59.2 Å². The molecule has 9 heteroatoms. The lowest BCUT2D eigenvalue weighted by molar-refractivity contribution is -0.129. The Bertz CT molecular complexity index is 970. The van der Waals surface area contributed by atoms with E-state index in [0.29, 0.717) is 6.42 Å². The zero-order valence-electron chi connectivity index (χ0n) is 15.5. The van der Waals surface area contributed by atoms with E-state index in [1.165, 1.54) is 31.2 Å². The number of sulfonamides is 1. The molecular formula is C19H22N2O6S. The minimum atomic E-state index is -3.74. The van der Waals surface area contributed by atoms with E-state index in [1.54, 1.807) is 25.1 Å². The van der Waals surface area contributed by atoms with E-state index in [2.05, 4.69) is 5.32 Å². The Morgan fingerprint density at radius 2 is 1.82 bits per heavy atom. The Balaban J connectivity index is 1.85. The molecule has 2 rings (SSSR count). The minimum Gasteiger partial charge on any atom is -0.507 e. The second-order valence-corrected chi connectivity index (χ2v) is 7.86. The molecule has 0 aliphatic rings. The van der Waals surface area contributed by atoms with Crippen molar-refractivity contribution in [3.63, 3.8) is 0 Å². The van der Waals surface area contributed by atoms with E-state index < -0.39 is 28.0 Å². The van der Waals surface area contributed by atoms with Crippen LogP contribution in [0, 0.1) is 6.92 Å². The van der Waals surface area contributed by atoms with Crippen molar-refractivity contribution in [1.29, 1.82) is 0 Å². The number of carbonyl (C=O) groups is 2. The molecule has 0 radical (unpaired) electrons. The van der Waals surface area contributed by atoms with Gasteiger partial charge >= 0.3 is 5.97 Å². The summed E-state index contributed by atoms with van der Waals surface area (Å²) in [5, 5.41) is 17.4. The average Bonchev–Trinajstić information content (AvgIpc) is 2.63. The monoisotopic (exact) mass is 406 g/mol. The number of aryl methyl sites for hydroxylation is 1. The number of ether oxygens (including phenoxy) is 1. The van der Waals surface area contributed by atoms with Crippen LogP contribution in [0.25, 0.3) is 0 Å². The molecule has 0 unspecified atom stereocenters. The molecule has 0 saturated heterocycles. The highest BCUT2D eigenvalue weighted by atomic mass is 32.2. The quantitative estimate of drug-likeness (QED) is 0.592. The maximum Gasteiger partial charge on any atom is 0.342 e. The zero-order valence-corrected chi connectivity index (χ0v) is 16.3. The molecule has 150 valence electrons. The van der Waals surface area contributed by atoms with Crippen LogP contribution in [0.15, 0.2) is 47.4 Å². The second kappa shape index (κ2) is 8.85. The summed E-state index contributed by atoms with van der Waals surface area (Å²) >= 11 is 0. The molecule has 0 aliphatic heterocycles. The fraction of sp³-hybridized carbons (Fsp3) is 0.263. The summed E-state index contributed by atoms with van der Waals surface area (Å²) in [6, 6.07) is 10.5. The highest BCUT2D eigenvalue weighted by molar-refractivity contribution is 7.89. The van der Waals surface area contributed by atoms with Crippen molar-refractivity contribution in [2.24, 2.45) is 5.14 Å². The third kappa shape index (κ3) is 5.80. The van der Waals surface area contributed by atoms with Gasteiger partial charge in [-0.25, -0.2) is 18.4 Å². The van der Waals surface area contributed by atoms with Gasteiger partial charge in [0.05, 0.1) is 4.90 Å². The van der Waals surface area contributed by atoms with Crippen molar-refractivity contribution in [2.45, 2.75) is 31.3 Å². The van der Waals surface area contributed by atoms with Crippen molar-refractivity contribution in [1.82, 2.24) is 5.32 Å². The van der Waals surface area contributed by atoms with Gasteiger partial charge in [0.2, 0.25) is 10.0 Å². The second-order valence-electron chi connectivity index (χ2n) is 6.30. The number of rotatable bonds is 7. The summed E-state index contributed by atoms with van der Waals surface area (Å²) in [5.41, 5.74) is 1.58. The number of amides is 1. The Labute approximate surface area is 163 Å². The van der Waals surface area contributed by atoms with Gasteiger partial charge in [-0.05, 0) is 50.1 Å². The lowest BCUT2D eigenvalue weighted by Crippen LogP contribution is -2.36.